The van der Waals surface area contributed by atoms with E-state index in [0.717, 1.165) is 12.5 Å². The third-order valence-electron chi connectivity index (χ3n) is 3.75. The molecule has 2 aliphatic rings. The van der Waals surface area contributed by atoms with E-state index in [4.69, 9.17) is 10.5 Å². The van der Waals surface area contributed by atoms with Crippen LogP contribution in [0.2, 0.25) is 0 Å². The number of piperidine rings is 1. The fourth-order valence-corrected chi connectivity index (χ4v) is 2.53. The van der Waals surface area contributed by atoms with E-state index in [1.165, 1.54) is 51.7 Å². The van der Waals surface area contributed by atoms with E-state index in [-0.39, 0.29) is 0 Å². The van der Waals surface area contributed by atoms with Crippen LogP contribution in [0, 0.1) is 5.92 Å². The van der Waals surface area contributed by atoms with Gasteiger partial charge < -0.3 is 15.4 Å². The first-order valence-corrected chi connectivity index (χ1v) is 6.42. The second-order valence-corrected chi connectivity index (χ2v) is 4.96. The number of likely N-dealkylation sites (tertiary alicyclic amines) is 1. The van der Waals surface area contributed by atoms with E-state index >= 15 is 0 Å². The molecule has 88 valence electrons. The zero-order valence-corrected chi connectivity index (χ0v) is 9.66. The Balaban J connectivity index is 1.58. The van der Waals surface area contributed by atoms with Crippen LogP contribution < -0.4 is 5.73 Å². The molecule has 0 aromatic heterocycles. The topological polar surface area (TPSA) is 38.5 Å². The minimum absolute atomic E-state index is 0.478. The Hall–Kier alpha value is -0.120. The number of ether oxygens (including phenoxy) is 1. The molecule has 2 fully saturated rings. The normalized spacial score (nSPS) is 25.4. The fourth-order valence-electron chi connectivity index (χ4n) is 2.53. The molecule has 1 saturated heterocycles. The van der Waals surface area contributed by atoms with Crippen LogP contribution in [-0.4, -0.2) is 43.8 Å². The highest BCUT2D eigenvalue weighted by molar-refractivity contribution is 4.78. The van der Waals surface area contributed by atoms with E-state index < -0.39 is 0 Å². The average molecular weight is 212 g/mol. The molecule has 2 N–H and O–H groups in total. The third kappa shape index (κ3) is 3.44. The molecule has 1 saturated carbocycles. The summed E-state index contributed by atoms with van der Waals surface area (Å²) in [4.78, 5) is 2.62. The summed E-state index contributed by atoms with van der Waals surface area (Å²) in [6, 6.07) is 0. The van der Waals surface area contributed by atoms with Crippen LogP contribution in [-0.2, 0) is 4.74 Å². The SMILES string of the molecule is NCCOC1CCN(CC2CCC2)CC1. The molecule has 3 heteroatoms. The zero-order chi connectivity index (χ0) is 10.5. The Kier molecular flexibility index (Phi) is 4.42. The number of nitrogens with zero attached hydrogens (tertiary/aromatic N) is 1. The molecule has 1 aliphatic carbocycles. The molecule has 0 unspecified atom stereocenters. The van der Waals surface area contributed by atoms with Crippen LogP contribution in [0.15, 0.2) is 0 Å². The molecule has 3 nitrogen and oxygen atoms in total. The lowest BCUT2D eigenvalue weighted by molar-refractivity contribution is 0.00556. The van der Waals surface area contributed by atoms with Crippen molar-refractivity contribution in [1.82, 2.24) is 4.90 Å². The van der Waals surface area contributed by atoms with Crippen LogP contribution in [0.1, 0.15) is 32.1 Å². The minimum Gasteiger partial charge on any atom is -0.377 e. The zero-order valence-electron chi connectivity index (χ0n) is 9.66. The lowest BCUT2D eigenvalue weighted by atomic mass is 9.85. The van der Waals surface area contributed by atoms with Gasteiger partial charge in [0.15, 0.2) is 0 Å². The number of rotatable bonds is 5. The molecule has 0 aromatic carbocycles. The molecule has 2 rings (SSSR count). The van der Waals surface area contributed by atoms with Crippen LogP contribution in [0.3, 0.4) is 0 Å². The first-order valence-electron chi connectivity index (χ1n) is 6.42. The molecule has 0 amide bonds. The van der Waals surface area contributed by atoms with Crippen molar-refractivity contribution in [2.24, 2.45) is 11.7 Å². The largest absolute Gasteiger partial charge is 0.377 e. The smallest absolute Gasteiger partial charge is 0.0600 e. The van der Waals surface area contributed by atoms with Gasteiger partial charge in [0.2, 0.25) is 0 Å². The van der Waals surface area contributed by atoms with Gasteiger partial charge in [-0.15, -0.1) is 0 Å². The first kappa shape index (κ1) is 11.4. The predicted octanol–water partition coefficient (Wildman–Crippen LogP) is 1.23. The highest BCUT2D eigenvalue weighted by Crippen LogP contribution is 2.28. The fraction of sp³-hybridized carbons (Fsp3) is 1.00. The highest BCUT2D eigenvalue weighted by atomic mass is 16.5. The van der Waals surface area contributed by atoms with Gasteiger partial charge >= 0.3 is 0 Å². The van der Waals surface area contributed by atoms with Gasteiger partial charge in [0.1, 0.15) is 0 Å². The van der Waals surface area contributed by atoms with E-state index in [1.807, 2.05) is 0 Å². The summed E-state index contributed by atoms with van der Waals surface area (Å²) in [6.45, 7) is 5.18. The van der Waals surface area contributed by atoms with Gasteiger partial charge in [-0.05, 0) is 31.6 Å². The van der Waals surface area contributed by atoms with Crippen molar-refractivity contribution in [3.8, 4) is 0 Å². The summed E-state index contributed by atoms with van der Waals surface area (Å²) in [5.74, 6) is 1.01. The molecule has 0 aromatic rings. The molecular formula is C12H24N2O. The van der Waals surface area contributed by atoms with E-state index in [0.29, 0.717) is 12.6 Å². The van der Waals surface area contributed by atoms with Gasteiger partial charge in [0, 0.05) is 26.2 Å². The molecule has 0 radical (unpaired) electrons. The van der Waals surface area contributed by atoms with E-state index in [1.54, 1.807) is 0 Å². The summed E-state index contributed by atoms with van der Waals surface area (Å²) in [5, 5.41) is 0. The first-order chi connectivity index (χ1) is 7.38. The third-order valence-corrected chi connectivity index (χ3v) is 3.75. The maximum absolute atomic E-state index is 5.67. The van der Waals surface area contributed by atoms with Crippen LogP contribution >= 0.6 is 0 Å². The minimum atomic E-state index is 0.478. The summed E-state index contributed by atoms with van der Waals surface area (Å²) < 4.78 is 5.67. The maximum Gasteiger partial charge on any atom is 0.0600 e. The Morgan fingerprint density at radius 3 is 2.40 bits per heavy atom. The van der Waals surface area contributed by atoms with Gasteiger partial charge in [-0.1, -0.05) is 6.42 Å². The number of hydrogen-bond acceptors (Lipinski definition) is 3. The molecule has 1 aliphatic heterocycles. The standard InChI is InChI=1S/C12H24N2O/c13-6-9-15-12-4-7-14(8-5-12)10-11-2-1-3-11/h11-12H,1-10,13H2. The Bertz CT molecular complexity index is 174. The number of hydrogen-bond donors (Lipinski definition) is 1. The van der Waals surface area contributed by atoms with Gasteiger partial charge in [-0.25, -0.2) is 0 Å². The van der Waals surface area contributed by atoms with Gasteiger partial charge in [-0.2, -0.15) is 0 Å². The Morgan fingerprint density at radius 2 is 1.87 bits per heavy atom. The quantitative estimate of drug-likeness (QED) is 0.745. The molecule has 0 bridgehead atoms. The van der Waals surface area contributed by atoms with Gasteiger partial charge in [0.05, 0.1) is 12.7 Å². The number of nitrogens with two attached hydrogens (primary N) is 1. The van der Waals surface area contributed by atoms with Crippen molar-refractivity contribution in [3.05, 3.63) is 0 Å². The summed E-state index contributed by atoms with van der Waals surface area (Å²) in [5.41, 5.74) is 5.43. The van der Waals surface area contributed by atoms with Crippen LogP contribution in [0.4, 0.5) is 0 Å². The molecule has 0 atom stereocenters. The van der Waals surface area contributed by atoms with Crippen molar-refractivity contribution >= 4 is 0 Å². The summed E-state index contributed by atoms with van der Waals surface area (Å²) in [6.07, 6.45) is 7.26. The monoisotopic (exact) mass is 212 g/mol. The van der Waals surface area contributed by atoms with Crippen molar-refractivity contribution in [2.75, 3.05) is 32.8 Å². The molecular weight excluding hydrogens is 188 g/mol. The van der Waals surface area contributed by atoms with E-state index in [9.17, 15) is 0 Å². The Morgan fingerprint density at radius 1 is 1.13 bits per heavy atom. The molecule has 1 heterocycles. The van der Waals surface area contributed by atoms with Gasteiger partial charge in [0.25, 0.3) is 0 Å². The average Bonchev–Trinajstić information content (AvgIpc) is 2.22. The van der Waals surface area contributed by atoms with Crippen molar-refractivity contribution in [2.45, 2.75) is 38.2 Å². The second-order valence-electron chi connectivity index (χ2n) is 4.96. The van der Waals surface area contributed by atoms with Gasteiger partial charge in [-0.3, -0.25) is 0 Å². The van der Waals surface area contributed by atoms with E-state index in [2.05, 4.69) is 4.90 Å². The van der Waals surface area contributed by atoms with Crippen LogP contribution in [0.5, 0.6) is 0 Å². The van der Waals surface area contributed by atoms with Crippen molar-refractivity contribution < 1.29 is 4.74 Å². The lowest BCUT2D eigenvalue weighted by Gasteiger charge is -2.36. The van der Waals surface area contributed by atoms with Crippen LogP contribution in [0.25, 0.3) is 0 Å². The summed E-state index contributed by atoms with van der Waals surface area (Å²) >= 11 is 0. The second kappa shape index (κ2) is 5.83. The van der Waals surface area contributed by atoms with Crippen molar-refractivity contribution in [1.29, 1.82) is 0 Å². The lowest BCUT2D eigenvalue weighted by Crippen LogP contribution is -2.41. The highest BCUT2D eigenvalue weighted by Gasteiger charge is 2.24. The Labute approximate surface area is 93.0 Å². The molecule has 0 spiro atoms. The summed E-state index contributed by atoms with van der Waals surface area (Å²) in [7, 11) is 0. The van der Waals surface area contributed by atoms with Crippen molar-refractivity contribution in [3.63, 3.8) is 0 Å². The predicted molar refractivity (Wildman–Crippen MR) is 61.8 cm³/mol. The molecule has 15 heavy (non-hydrogen) atoms. The maximum atomic E-state index is 5.67.